The molecule has 0 saturated carbocycles. The molecule has 0 fully saturated rings. The Hall–Kier alpha value is -1.32. The fraction of sp³-hybridized carbons (Fsp3) is 0.789. The van der Waals surface area contributed by atoms with E-state index < -0.39 is 11.9 Å². The summed E-state index contributed by atoms with van der Waals surface area (Å²) in [5.74, 6) is -1.03. The molecule has 0 unspecified atom stereocenters. The molecule has 0 spiro atoms. The molecule has 0 aromatic heterocycles. The quantitative estimate of drug-likeness (QED) is 0.242. The highest BCUT2D eigenvalue weighted by molar-refractivity contribution is 5.84. The van der Waals surface area contributed by atoms with E-state index in [9.17, 15) is 9.59 Å². The van der Waals surface area contributed by atoms with Crippen LogP contribution in [0.4, 0.5) is 0 Å². The molecule has 0 aliphatic rings. The fourth-order valence-electron chi connectivity index (χ4n) is 2.34. The lowest BCUT2D eigenvalue weighted by Crippen LogP contribution is -2.13. The van der Waals surface area contributed by atoms with Crippen molar-refractivity contribution in [1.82, 2.24) is 0 Å². The number of allylic oxidation sites excluding steroid dienone is 1. The van der Waals surface area contributed by atoms with Crippen LogP contribution in [0.25, 0.3) is 0 Å². The number of methoxy groups -OCH3 is 1. The fourth-order valence-corrected chi connectivity index (χ4v) is 2.34. The summed E-state index contributed by atoms with van der Waals surface area (Å²) in [6, 6.07) is 0. The number of carbonyl (C=O) groups is 2. The molecule has 0 heterocycles. The molecule has 0 aliphatic carbocycles. The molecular weight excluding hydrogens is 292 g/mol. The molecule has 0 atom stereocenters. The molecule has 0 N–H and O–H groups in total. The first-order valence-corrected chi connectivity index (χ1v) is 9.10. The molecular formula is C19H34O4. The van der Waals surface area contributed by atoms with E-state index in [4.69, 9.17) is 4.74 Å². The van der Waals surface area contributed by atoms with Crippen LogP contribution in [-0.2, 0) is 19.1 Å². The van der Waals surface area contributed by atoms with Gasteiger partial charge >= 0.3 is 11.9 Å². The first-order chi connectivity index (χ1) is 11.2. The predicted octanol–water partition coefficient (Wildman–Crippen LogP) is 4.96. The van der Waals surface area contributed by atoms with Gasteiger partial charge in [0.1, 0.15) is 0 Å². The van der Waals surface area contributed by atoms with E-state index in [0.717, 1.165) is 12.8 Å². The van der Waals surface area contributed by atoms with Gasteiger partial charge in [-0.15, -0.1) is 0 Å². The molecule has 0 aliphatic heterocycles. The summed E-state index contributed by atoms with van der Waals surface area (Å²) in [4.78, 5) is 22.0. The van der Waals surface area contributed by atoms with Crippen molar-refractivity contribution in [3.05, 3.63) is 12.2 Å². The van der Waals surface area contributed by atoms with E-state index in [1.807, 2.05) is 6.08 Å². The van der Waals surface area contributed by atoms with Crippen LogP contribution < -0.4 is 0 Å². The number of hydrogen-bond donors (Lipinski definition) is 0. The normalized spacial score (nSPS) is 10.9. The van der Waals surface area contributed by atoms with Crippen LogP contribution in [0.15, 0.2) is 12.2 Å². The number of rotatable bonds is 15. The second kappa shape index (κ2) is 17.0. The number of esters is 2. The molecule has 23 heavy (non-hydrogen) atoms. The smallest absolute Gasteiger partial charge is 0.344 e. The summed E-state index contributed by atoms with van der Waals surface area (Å²) in [5, 5.41) is 0. The summed E-state index contributed by atoms with van der Waals surface area (Å²) in [5.41, 5.74) is 0. The van der Waals surface area contributed by atoms with E-state index in [1.165, 1.54) is 77.4 Å². The zero-order valence-corrected chi connectivity index (χ0v) is 15.0. The average molecular weight is 326 g/mol. The molecule has 0 rings (SSSR count). The molecule has 0 saturated heterocycles. The van der Waals surface area contributed by atoms with E-state index in [0.29, 0.717) is 0 Å². The van der Waals surface area contributed by atoms with Crippen LogP contribution in [-0.4, -0.2) is 25.7 Å². The van der Waals surface area contributed by atoms with Gasteiger partial charge in [0, 0.05) is 6.08 Å². The third kappa shape index (κ3) is 16.9. The Bertz CT molecular complexity index is 323. The van der Waals surface area contributed by atoms with Crippen LogP contribution in [0.3, 0.4) is 0 Å². The number of unbranched alkanes of at least 4 members (excludes halogenated alkanes) is 11. The second-order valence-electron chi connectivity index (χ2n) is 5.91. The minimum absolute atomic E-state index is 0.321. The van der Waals surface area contributed by atoms with Crippen LogP contribution in [0.2, 0.25) is 0 Å². The summed E-state index contributed by atoms with van der Waals surface area (Å²) < 4.78 is 9.08. The topological polar surface area (TPSA) is 52.6 Å². The molecule has 134 valence electrons. The van der Waals surface area contributed by atoms with Gasteiger partial charge in [-0.3, -0.25) is 0 Å². The summed E-state index contributed by atoms with van der Waals surface area (Å²) in [6.07, 6.45) is 18.6. The number of hydrogen-bond acceptors (Lipinski definition) is 4. The first kappa shape index (κ1) is 21.7. The Balaban J connectivity index is 3.27. The maximum atomic E-state index is 11.2. The SMILES string of the molecule is CCCCCCCCCCCCCC=CC(=O)OCC(=O)OC. The highest BCUT2D eigenvalue weighted by Gasteiger charge is 2.03. The van der Waals surface area contributed by atoms with E-state index >= 15 is 0 Å². The average Bonchev–Trinajstić information content (AvgIpc) is 2.56. The van der Waals surface area contributed by atoms with Crippen molar-refractivity contribution in [3.63, 3.8) is 0 Å². The van der Waals surface area contributed by atoms with Crippen molar-refractivity contribution < 1.29 is 19.1 Å². The number of ether oxygens (including phenoxy) is 2. The van der Waals surface area contributed by atoms with Crippen LogP contribution in [0, 0.1) is 0 Å². The second-order valence-corrected chi connectivity index (χ2v) is 5.91. The van der Waals surface area contributed by atoms with Gasteiger partial charge < -0.3 is 9.47 Å². The summed E-state index contributed by atoms with van der Waals surface area (Å²) in [7, 11) is 1.26. The van der Waals surface area contributed by atoms with Gasteiger partial charge in [0.25, 0.3) is 0 Å². The monoisotopic (exact) mass is 326 g/mol. The Kier molecular flexibility index (Phi) is 16.1. The lowest BCUT2D eigenvalue weighted by Gasteiger charge is -2.02. The van der Waals surface area contributed by atoms with Gasteiger partial charge in [-0.1, -0.05) is 77.2 Å². The third-order valence-corrected chi connectivity index (χ3v) is 3.79. The molecule has 0 radical (unpaired) electrons. The highest BCUT2D eigenvalue weighted by Crippen LogP contribution is 2.11. The lowest BCUT2D eigenvalue weighted by atomic mass is 10.1. The van der Waals surface area contributed by atoms with Gasteiger partial charge in [-0.25, -0.2) is 9.59 Å². The Morgan fingerprint density at radius 1 is 0.826 bits per heavy atom. The van der Waals surface area contributed by atoms with Gasteiger partial charge in [0.05, 0.1) is 7.11 Å². The van der Waals surface area contributed by atoms with Crippen LogP contribution in [0.5, 0.6) is 0 Å². The summed E-state index contributed by atoms with van der Waals surface area (Å²) in [6.45, 7) is 1.93. The predicted molar refractivity (Wildman–Crippen MR) is 93.2 cm³/mol. The Labute approximate surface area is 141 Å². The van der Waals surface area contributed by atoms with Crippen LogP contribution >= 0.6 is 0 Å². The van der Waals surface area contributed by atoms with Crippen molar-refractivity contribution in [2.24, 2.45) is 0 Å². The zero-order valence-electron chi connectivity index (χ0n) is 15.0. The molecule has 4 nitrogen and oxygen atoms in total. The molecule has 0 aromatic rings. The minimum atomic E-state index is -0.544. The molecule has 0 bridgehead atoms. The zero-order chi connectivity index (χ0) is 17.2. The van der Waals surface area contributed by atoms with E-state index in [-0.39, 0.29) is 6.61 Å². The maximum absolute atomic E-state index is 11.2. The Morgan fingerprint density at radius 2 is 1.35 bits per heavy atom. The van der Waals surface area contributed by atoms with Gasteiger partial charge in [-0.2, -0.15) is 0 Å². The largest absolute Gasteiger partial charge is 0.466 e. The van der Waals surface area contributed by atoms with Gasteiger partial charge in [-0.05, 0) is 12.8 Å². The number of carbonyl (C=O) groups excluding carboxylic acids is 2. The van der Waals surface area contributed by atoms with Crippen LogP contribution in [0.1, 0.15) is 84.0 Å². The maximum Gasteiger partial charge on any atom is 0.344 e. The minimum Gasteiger partial charge on any atom is -0.466 e. The molecule has 4 heteroatoms. The Morgan fingerprint density at radius 3 is 1.87 bits per heavy atom. The van der Waals surface area contributed by atoms with Crippen molar-refractivity contribution >= 4 is 11.9 Å². The van der Waals surface area contributed by atoms with Crippen molar-refractivity contribution in [2.75, 3.05) is 13.7 Å². The highest BCUT2D eigenvalue weighted by atomic mass is 16.6. The van der Waals surface area contributed by atoms with Crippen molar-refractivity contribution in [3.8, 4) is 0 Å². The van der Waals surface area contributed by atoms with E-state index in [2.05, 4.69) is 11.7 Å². The standard InChI is InChI=1S/C19H34O4/c1-3-4-5-6-7-8-9-10-11-12-13-14-15-16-18(20)23-17-19(21)22-2/h15-16H,3-14,17H2,1-2H3. The molecule has 0 amide bonds. The van der Waals surface area contributed by atoms with Gasteiger partial charge in [0.15, 0.2) is 6.61 Å². The third-order valence-electron chi connectivity index (χ3n) is 3.79. The summed E-state index contributed by atoms with van der Waals surface area (Å²) >= 11 is 0. The van der Waals surface area contributed by atoms with Crippen molar-refractivity contribution in [2.45, 2.75) is 84.0 Å². The first-order valence-electron chi connectivity index (χ1n) is 9.10. The molecule has 0 aromatic carbocycles. The van der Waals surface area contributed by atoms with Crippen molar-refractivity contribution in [1.29, 1.82) is 0 Å². The van der Waals surface area contributed by atoms with Gasteiger partial charge in [0.2, 0.25) is 0 Å². The van der Waals surface area contributed by atoms with E-state index in [1.54, 1.807) is 0 Å². The lowest BCUT2D eigenvalue weighted by molar-refractivity contribution is -0.154.